The van der Waals surface area contributed by atoms with Crippen molar-refractivity contribution in [3.63, 3.8) is 0 Å². The summed E-state index contributed by atoms with van der Waals surface area (Å²) < 4.78 is 0. The van der Waals surface area contributed by atoms with Gasteiger partial charge in [-0.1, -0.05) is 23.7 Å². The van der Waals surface area contributed by atoms with Crippen molar-refractivity contribution < 1.29 is 14.4 Å². The molecule has 0 spiro atoms. The zero-order chi connectivity index (χ0) is 21.5. The number of carbonyl (C=O) groups is 3. The summed E-state index contributed by atoms with van der Waals surface area (Å²) >= 11 is 7.84. The van der Waals surface area contributed by atoms with Gasteiger partial charge in [0.25, 0.3) is 0 Å². The number of halogens is 1. The van der Waals surface area contributed by atoms with Crippen LogP contribution in [-0.2, 0) is 20.9 Å². The number of piperazine rings is 1. The van der Waals surface area contributed by atoms with Crippen molar-refractivity contribution >= 4 is 40.7 Å². The lowest BCUT2D eigenvalue weighted by atomic mass is 10.2. The number of benzene rings is 1. The van der Waals surface area contributed by atoms with Gasteiger partial charge in [-0.05, 0) is 29.8 Å². The van der Waals surface area contributed by atoms with Crippen LogP contribution in [0.15, 0.2) is 36.4 Å². The van der Waals surface area contributed by atoms with Crippen LogP contribution in [0.1, 0.15) is 11.8 Å². The molecule has 9 heteroatoms. The van der Waals surface area contributed by atoms with Gasteiger partial charge >= 0.3 is 0 Å². The Labute approximate surface area is 185 Å². The van der Waals surface area contributed by atoms with Crippen LogP contribution < -0.4 is 10.6 Å². The molecule has 1 aliphatic rings. The Morgan fingerprint density at radius 1 is 1.03 bits per heavy atom. The molecule has 7 nitrogen and oxygen atoms in total. The van der Waals surface area contributed by atoms with E-state index in [0.29, 0.717) is 13.1 Å². The summed E-state index contributed by atoms with van der Waals surface area (Å²) in [5.41, 5.74) is 1.12. The van der Waals surface area contributed by atoms with E-state index >= 15 is 0 Å². The SMILES string of the molecule is CC(=O)NCC(=O)NCC(=O)N1CCN(Cc2ccc(-c3cccc(Cl)c3)s2)CC1. The first-order valence-corrected chi connectivity index (χ1v) is 11.0. The fraction of sp³-hybridized carbons (Fsp3) is 0.381. The van der Waals surface area contributed by atoms with Crippen LogP contribution in [0.5, 0.6) is 0 Å². The molecule has 0 atom stereocenters. The van der Waals surface area contributed by atoms with E-state index < -0.39 is 0 Å². The minimum atomic E-state index is -0.370. The van der Waals surface area contributed by atoms with E-state index in [9.17, 15) is 14.4 Å². The molecule has 30 heavy (non-hydrogen) atoms. The Morgan fingerprint density at radius 3 is 2.50 bits per heavy atom. The minimum absolute atomic E-state index is 0.0493. The topological polar surface area (TPSA) is 81.8 Å². The molecule has 0 radical (unpaired) electrons. The summed E-state index contributed by atoms with van der Waals surface area (Å²) in [5, 5.41) is 5.68. The fourth-order valence-electron chi connectivity index (χ4n) is 3.19. The number of nitrogens with zero attached hydrogens (tertiary/aromatic N) is 2. The van der Waals surface area contributed by atoms with Gasteiger partial charge in [-0.3, -0.25) is 19.3 Å². The second-order valence-corrected chi connectivity index (χ2v) is 8.72. The third-order valence-electron chi connectivity index (χ3n) is 4.81. The molecule has 3 amide bonds. The van der Waals surface area contributed by atoms with E-state index in [-0.39, 0.29) is 30.8 Å². The summed E-state index contributed by atoms with van der Waals surface area (Å²) in [4.78, 5) is 41.3. The zero-order valence-electron chi connectivity index (χ0n) is 16.8. The Hall–Kier alpha value is -2.42. The monoisotopic (exact) mass is 448 g/mol. The zero-order valence-corrected chi connectivity index (χ0v) is 18.4. The van der Waals surface area contributed by atoms with Crippen LogP contribution >= 0.6 is 22.9 Å². The Morgan fingerprint density at radius 2 is 1.80 bits per heavy atom. The first-order chi connectivity index (χ1) is 14.4. The molecule has 0 saturated carbocycles. The fourth-order valence-corrected chi connectivity index (χ4v) is 4.43. The van der Waals surface area contributed by atoms with Gasteiger partial charge in [0.15, 0.2) is 0 Å². The van der Waals surface area contributed by atoms with E-state index in [1.807, 2.05) is 18.2 Å². The first kappa shape index (κ1) is 22.3. The molecule has 1 aliphatic heterocycles. The number of hydrogen-bond donors (Lipinski definition) is 2. The summed E-state index contributed by atoms with van der Waals surface area (Å²) in [7, 11) is 0. The van der Waals surface area contributed by atoms with Gasteiger partial charge < -0.3 is 15.5 Å². The highest BCUT2D eigenvalue weighted by molar-refractivity contribution is 7.15. The van der Waals surface area contributed by atoms with Crippen molar-refractivity contribution in [3.05, 3.63) is 46.3 Å². The highest BCUT2D eigenvalue weighted by Gasteiger charge is 2.21. The molecule has 160 valence electrons. The average Bonchev–Trinajstić information content (AvgIpc) is 3.19. The molecule has 0 unspecified atom stereocenters. The lowest BCUT2D eigenvalue weighted by Gasteiger charge is -2.34. The Bertz CT molecular complexity index is 909. The average molecular weight is 449 g/mol. The standard InChI is InChI=1S/C21H25ClN4O3S/c1-15(27)23-12-20(28)24-13-21(29)26-9-7-25(8-10-26)14-18-5-6-19(30-18)16-3-2-4-17(22)11-16/h2-6,11H,7-10,12-14H2,1H3,(H,23,27)(H,24,28). The van der Waals surface area contributed by atoms with Crippen molar-refractivity contribution in [3.8, 4) is 10.4 Å². The molecular formula is C21H25ClN4O3S. The van der Waals surface area contributed by atoms with Gasteiger partial charge in [0, 0.05) is 54.4 Å². The molecule has 1 saturated heterocycles. The number of nitrogens with one attached hydrogen (secondary N) is 2. The van der Waals surface area contributed by atoms with Gasteiger partial charge in [0.2, 0.25) is 17.7 Å². The number of carbonyl (C=O) groups excluding carboxylic acids is 3. The van der Waals surface area contributed by atoms with Crippen LogP contribution in [0.4, 0.5) is 0 Å². The quantitative estimate of drug-likeness (QED) is 0.678. The highest BCUT2D eigenvalue weighted by Crippen LogP contribution is 2.30. The number of rotatable bonds is 7. The van der Waals surface area contributed by atoms with E-state index in [1.54, 1.807) is 16.2 Å². The summed E-state index contributed by atoms with van der Waals surface area (Å²) in [6, 6.07) is 12.1. The van der Waals surface area contributed by atoms with E-state index in [4.69, 9.17) is 11.6 Å². The molecule has 2 heterocycles. The van der Waals surface area contributed by atoms with Crippen LogP contribution in [0.25, 0.3) is 10.4 Å². The molecule has 3 rings (SSSR count). The second kappa shape index (κ2) is 10.6. The van der Waals surface area contributed by atoms with Crippen LogP contribution in [0, 0.1) is 0 Å². The van der Waals surface area contributed by atoms with E-state index in [1.165, 1.54) is 16.7 Å². The molecule has 1 fully saturated rings. The predicted molar refractivity (Wildman–Crippen MR) is 118 cm³/mol. The Kier molecular flexibility index (Phi) is 7.84. The first-order valence-electron chi connectivity index (χ1n) is 9.76. The number of amides is 3. The summed E-state index contributed by atoms with van der Waals surface area (Å²) in [5.74, 6) is -0.756. The van der Waals surface area contributed by atoms with Crippen LogP contribution in [0.2, 0.25) is 5.02 Å². The molecule has 0 aliphatic carbocycles. The molecular weight excluding hydrogens is 424 g/mol. The summed E-state index contributed by atoms with van der Waals surface area (Å²) in [6.07, 6.45) is 0. The molecule has 2 aromatic rings. The molecule has 2 N–H and O–H groups in total. The maximum absolute atomic E-state index is 12.3. The van der Waals surface area contributed by atoms with Crippen LogP contribution in [-0.4, -0.2) is 66.8 Å². The van der Waals surface area contributed by atoms with E-state index in [2.05, 4.69) is 33.7 Å². The minimum Gasteiger partial charge on any atom is -0.347 e. The maximum atomic E-state index is 12.3. The van der Waals surface area contributed by atoms with Gasteiger partial charge in [-0.25, -0.2) is 0 Å². The normalized spacial score (nSPS) is 14.4. The summed E-state index contributed by atoms with van der Waals surface area (Å²) in [6.45, 7) is 4.86. The molecule has 0 bridgehead atoms. The molecule has 1 aromatic heterocycles. The highest BCUT2D eigenvalue weighted by atomic mass is 35.5. The van der Waals surface area contributed by atoms with Crippen molar-refractivity contribution in [2.75, 3.05) is 39.3 Å². The smallest absolute Gasteiger partial charge is 0.242 e. The van der Waals surface area contributed by atoms with Crippen molar-refractivity contribution in [1.29, 1.82) is 0 Å². The maximum Gasteiger partial charge on any atom is 0.242 e. The largest absolute Gasteiger partial charge is 0.347 e. The van der Waals surface area contributed by atoms with Crippen LogP contribution in [0.3, 0.4) is 0 Å². The lowest BCUT2D eigenvalue weighted by molar-refractivity contribution is -0.134. The van der Waals surface area contributed by atoms with Gasteiger partial charge in [0.1, 0.15) is 0 Å². The number of hydrogen-bond acceptors (Lipinski definition) is 5. The predicted octanol–water partition coefficient (Wildman–Crippen LogP) is 1.97. The third kappa shape index (κ3) is 6.55. The molecule has 1 aromatic carbocycles. The lowest BCUT2D eigenvalue weighted by Crippen LogP contribution is -2.51. The third-order valence-corrected chi connectivity index (χ3v) is 6.16. The number of thiophene rings is 1. The van der Waals surface area contributed by atoms with Crippen molar-refractivity contribution in [1.82, 2.24) is 20.4 Å². The van der Waals surface area contributed by atoms with Gasteiger partial charge in [-0.15, -0.1) is 11.3 Å². The van der Waals surface area contributed by atoms with E-state index in [0.717, 1.165) is 30.2 Å². The second-order valence-electron chi connectivity index (χ2n) is 7.12. The van der Waals surface area contributed by atoms with Crippen molar-refractivity contribution in [2.24, 2.45) is 0 Å². The van der Waals surface area contributed by atoms with Crippen molar-refractivity contribution in [2.45, 2.75) is 13.5 Å². The van der Waals surface area contributed by atoms with Gasteiger partial charge in [-0.2, -0.15) is 0 Å². The van der Waals surface area contributed by atoms with Gasteiger partial charge in [0.05, 0.1) is 13.1 Å². The Balaban J connectivity index is 1.42.